The standard InChI is InChI=1S/C6H8N4O2/c1-10-2-7-4-3(10)5(11)9-6(12)8-4/h2-4H,1H3,(H2,8,9,11,12)/i1D3. The van der Waals surface area contributed by atoms with Crippen LogP contribution in [0.25, 0.3) is 0 Å². The molecule has 2 heterocycles. The van der Waals surface area contributed by atoms with Crippen LogP contribution in [0, 0.1) is 0 Å². The molecule has 0 aromatic heterocycles. The third-order valence-electron chi connectivity index (χ3n) is 1.73. The second-order valence-corrected chi connectivity index (χ2v) is 2.52. The number of carbonyl (C=O) groups is 2. The molecule has 0 bridgehead atoms. The van der Waals surface area contributed by atoms with Gasteiger partial charge in [0.05, 0.1) is 6.34 Å². The molecule has 2 aliphatic heterocycles. The smallest absolute Gasteiger partial charge is 0.323 e. The average Bonchev–Trinajstić information content (AvgIpc) is 2.45. The molecular weight excluding hydrogens is 160 g/mol. The summed E-state index contributed by atoms with van der Waals surface area (Å²) in [5.41, 5.74) is 0. The first-order chi connectivity index (χ1) is 6.89. The molecule has 2 N–H and O–H groups in total. The zero-order valence-electron chi connectivity index (χ0n) is 8.94. The highest BCUT2D eigenvalue weighted by Crippen LogP contribution is 2.12. The Bertz CT molecular complexity index is 353. The molecule has 64 valence electrons. The number of imide groups is 1. The van der Waals surface area contributed by atoms with Gasteiger partial charge in [0.2, 0.25) is 0 Å². The molecular formula is C6H8N4O2. The van der Waals surface area contributed by atoms with E-state index in [9.17, 15) is 9.59 Å². The fourth-order valence-electron chi connectivity index (χ4n) is 1.19. The first-order valence-corrected chi connectivity index (χ1v) is 3.33. The predicted molar refractivity (Wildman–Crippen MR) is 40.5 cm³/mol. The van der Waals surface area contributed by atoms with Crippen molar-refractivity contribution < 1.29 is 13.7 Å². The van der Waals surface area contributed by atoms with Gasteiger partial charge in [-0.25, -0.2) is 9.79 Å². The Balaban J connectivity index is 2.25. The van der Waals surface area contributed by atoms with E-state index in [1.165, 1.54) is 0 Å². The third kappa shape index (κ3) is 0.843. The number of carbonyl (C=O) groups excluding carboxylic acids is 2. The van der Waals surface area contributed by atoms with E-state index in [2.05, 4.69) is 10.3 Å². The molecule has 0 aliphatic carbocycles. The molecule has 1 saturated heterocycles. The number of rotatable bonds is 0. The molecule has 12 heavy (non-hydrogen) atoms. The van der Waals surface area contributed by atoms with E-state index in [4.69, 9.17) is 4.11 Å². The lowest BCUT2D eigenvalue weighted by Gasteiger charge is -2.27. The zero-order chi connectivity index (χ0) is 11.2. The van der Waals surface area contributed by atoms with Crippen molar-refractivity contribution in [1.82, 2.24) is 15.5 Å². The van der Waals surface area contributed by atoms with E-state index < -0.39 is 31.1 Å². The van der Waals surface area contributed by atoms with Crippen LogP contribution in [-0.4, -0.2) is 42.4 Å². The van der Waals surface area contributed by atoms with Gasteiger partial charge in [0.15, 0.2) is 12.2 Å². The van der Waals surface area contributed by atoms with Crippen molar-refractivity contribution in [3.05, 3.63) is 0 Å². The van der Waals surface area contributed by atoms with Crippen LogP contribution in [0.1, 0.15) is 4.11 Å². The van der Waals surface area contributed by atoms with Gasteiger partial charge in [-0.3, -0.25) is 10.1 Å². The summed E-state index contributed by atoms with van der Waals surface area (Å²) in [7, 11) is 0. The fourth-order valence-corrected chi connectivity index (χ4v) is 1.19. The van der Waals surface area contributed by atoms with Gasteiger partial charge in [0.1, 0.15) is 0 Å². The average molecular weight is 171 g/mol. The van der Waals surface area contributed by atoms with E-state index in [1.807, 2.05) is 5.32 Å². The van der Waals surface area contributed by atoms with Crippen LogP contribution >= 0.6 is 0 Å². The van der Waals surface area contributed by atoms with Crippen LogP contribution in [0.4, 0.5) is 4.79 Å². The van der Waals surface area contributed by atoms with E-state index in [-0.39, 0.29) is 0 Å². The number of amides is 3. The Morgan fingerprint density at radius 2 is 2.58 bits per heavy atom. The molecule has 6 nitrogen and oxygen atoms in total. The number of hydrogen-bond acceptors (Lipinski definition) is 4. The third-order valence-corrected chi connectivity index (χ3v) is 1.73. The molecule has 2 aliphatic rings. The number of aliphatic imine (C=N–C) groups is 1. The highest BCUT2D eigenvalue weighted by atomic mass is 16.2. The molecule has 2 unspecified atom stereocenters. The lowest BCUT2D eigenvalue weighted by molar-refractivity contribution is -0.124. The predicted octanol–water partition coefficient (Wildman–Crippen LogP) is -1.51. The van der Waals surface area contributed by atoms with Crippen LogP contribution in [0.5, 0.6) is 0 Å². The fraction of sp³-hybridized carbons (Fsp3) is 0.500. The minimum Gasteiger partial charge on any atom is -0.351 e. The summed E-state index contributed by atoms with van der Waals surface area (Å²) in [5.74, 6) is -0.655. The highest BCUT2D eigenvalue weighted by Gasteiger charge is 2.40. The van der Waals surface area contributed by atoms with Gasteiger partial charge < -0.3 is 10.2 Å². The van der Waals surface area contributed by atoms with Crippen molar-refractivity contribution in [1.29, 1.82) is 0 Å². The topological polar surface area (TPSA) is 73.8 Å². The Labute approximate surface area is 72.8 Å². The molecule has 6 heteroatoms. The summed E-state index contributed by atoms with van der Waals surface area (Å²) in [5, 5.41) is 4.34. The number of hydrogen-bond donors (Lipinski definition) is 2. The second-order valence-electron chi connectivity index (χ2n) is 2.52. The quantitative estimate of drug-likeness (QED) is 0.465. The van der Waals surface area contributed by atoms with E-state index in [0.29, 0.717) is 0 Å². The maximum Gasteiger partial charge on any atom is 0.323 e. The van der Waals surface area contributed by atoms with Gasteiger partial charge in [0.25, 0.3) is 5.91 Å². The molecule has 2 atom stereocenters. The van der Waals surface area contributed by atoms with Crippen molar-refractivity contribution in [2.45, 2.75) is 12.2 Å². The van der Waals surface area contributed by atoms with Gasteiger partial charge in [-0.15, -0.1) is 0 Å². The van der Waals surface area contributed by atoms with Crippen molar-refractivity contribution in [3.63, 3.8) is 0 Å². The normalized spacial score (nSPS) is 37.7. The first kappa shape index (κ1) is 4.44. The maximum atomic E-state index is 11.4. The van der Waals surface area contributed by atoms with Gasteiger partial charge in [0, 0.05) is 11.1 Å². The molecule has 0 spiro atoms. The van der Waals surface area contributed by atoms with Crippen molar-refractivity contribution >= 4 is 18.3 Å². The maximum absolute atomic E-state index is 11.4. The van der Waals surface area contributed by atoms with E-state index in [0.717, 1.165) is 11.2 Å². The van der Waals surface area contributed by atoms with Crippen LogP contribution in [0.2, 0.25) is 0 Å². The summed E-state index contributed by atoms with van der Waals surface area (Å²) in [6.07, 6.45) is 0.250. The summed E-state index contributed by atoms with van der Waals surface area (Å²) in [4.78, 5) is 26.9. The molecule has 2 rings (SSSR count). The Hall–Kier alpha value is -1.59. The lowest BCUT2D eigenvalue weighted by atomic mass is 10.2. The number of nitrogens with one attached hydrogen (secondary N) is 2. The number of likely N-dealkylation sites (N-methyl/N-ethyl adjacent to an activating group) is 1. The number of urea groups is 1. The van der Waals surface area contributed by atoms with Crippen LogP contribution in [0.15, 0.2) is 4.99 Å². The molecule has 0 aromatic carbocycles. The van der Waals surface area contributed by atoms with Crippen LogP contribution in [0.3, 0.4) is 0 Å². The van der Waals surface area contributed by atoms with Crippen molar-refractivity contribution in [2.75, 3.05) is 6.98 Å². The van der Waals surface area contributed by atoms with Gasteiger partial charge in [-0.2, -0.15) is 0 Å². The Morgan fingerprint density at radius 1 is 1.75 bits per heavy atom. The summed E-state index contributed by atoms with van der Waals surface area (Å²) in [6.45, 7) is -2.44. The number of fused-ring (bicyclic) bond motifs is 1. The van der Waals surface area contributed by atoms with Crippen molar-refractivity contribution in [3.8, 4) is 0 Å². The van der Waals surface area contributed by atoms with E-state index in [1.54, 1.807) is 0 Å². The minimum atomic E-state index is -2.44. The molecule has 3 amide bonds. The lowest BCUT2D eigenvalue weighted by Crippen LogP contribution is -2.62. The van der Waals surface area contributed by atoms with E-state index >= 15 is 0 Å². The highest BCUT2D eigenvalue weighted by molar-refractivity contribution is 6.01. The number of nitrogens with zero attached hydrogens (tertiary/aromatic N) is 2. The van der Waals surface area contributed by atoms with Crippen LogP contribution < -0.4 is 10.6 Å². The molecule has 0 radical (unpaired) electrons. The van der Waals surface area contributed by atoms with Gasteiger partial charge >= 0.3 is 6.03 Å². The zero-order valence-corrected chi connectivity index (χ0v) is 5.94. The monoisotopic (exact) mass is 171 g/mol. The Morgan fingerprint density at radius 3 is 3.33 bits per heavy atom. The summed E-state index contributed by atoms with van der Waals surface area (Å²) >= 11 is 0. The minimum absolute atomic E-state index is 0.655. The van der Waals surface area contributed by atoms with Gasteiger partial charge in [-0.05, 0) is 0 Å². The molecule has 0 saturated carbocycles. The van der Waals surface area contributed by atoms with Crippen LogP contribution in [-0.2, 0) is 4.79 Å². The van der Waals surface area contributed by atoms with Gasteiger partial charge in [-0.1, -0.05) is 0 Å². The Kier molecular flexibility index (Phi) is 0.812. The SMILES string of the molecule is [2H]C([2H])([2H])N1C=NC2NC(=O)NC(=O)C21. The summed E-state index contributed by atoms with van der Waals surface area (Å²) in [6, 6.07) is -1.65. The molecule has 1 fully saturated rings. The summed E-state index contributed by atoms with van der Waals surface area (Å²) < 4.78 is 21.5. The first-order valence-electron chi connectivity index (χ1n) is 4.83. The van der Waals surface area contributed by atoms with Crippen molar-refractivity contribution in [2.24, 2.45) is 4.99 Å². The second kappa shape index (κ2) is 2.20. The molecule has 0 aromatic rings. The largest absolute Gasteiger partial charge is 0.351 e.